The molecule has 0 aromatic carbocycles. The van der Waals surface area contributed by atoms with Crippen LogP contribution in [0.4, 0.5) is 0 Å². The van der Waals surface area contributed by atoms with E-state index in [1.165, 1.54) is 24.6 Å². The third kappa shape index (κ3) is 4.21. The number of tetrazole rings is 1. The molecule has 1 saturated carbocycles. The molecular formula is C15H27N5OS. The zero-order valence-corrected chi connectivity index (χ0v) is 15.0. The Morgan fingerprint density at radius 3 is 2.77 bits per heavy atom. The van der Waals surface area contributed by atoms with Gasteiger partial charge in [0.1, 0.15) is 0 Å². The van der Waals surface area contributed by atoms with Gasteiger partial charge in [0.05, 0.1) is 11.3 Å². The number of rotatable bonds is 4. The lowest BCUT2D eigenvalue weighted by Gasteiger charge is -2.34. The lowest BCUT2D eigenvalue weighted by molar-refractivity contribution is -0.120. The van der Waals surface area contributed by atoms with E-state index < -0.39 is 0 Å². The zero-order valence-electron chi connectivity index (χ0n) is 14.2. The maximum absolute atomic E-state index is 12.2. The van der Waals surface area contributed by atoms with Gasteiger partial charge in [-0.2, -0.15) is 0 Å². The van der Waals surface area contributed by atoms with Gasteiger partial charge in [-0.15, -0.1) is 5.10 Å². The number of hydrogen-bond acceptors (Lipinski definition) is 5. The van der Waals surface area contributed by atoms with E-state index in [0.29, 0.717) is 28.8 Å². The number of thioether (sulfide) groups is 1. The van der Waals surface area contributed by atoms with Crippen LogP contribution in [0.1, 0.15) is 53.9 Å². The Hall–Kier alpha value is -1.11. The Bertz CT molecular complexity index is 510. The second-order valence-electron chi connectivity index (χ2n) is 7.27. The van der Waals surface area contributed by atoms with Gasteiger partial charge in [0.15, 0.2) is 0 Å². The third-order valence-corrected chi connectivity index (χ3v) is 5.38. The second-order valence-corrected chi connectivity index (χ2v) is 8.22. The molecule has 124 valence electrons. The second kappa shape index (κ2) is 6.98. The van der Waals surface area contributed by atoms with Crippen LogP contribution in [-0.4, -0.2) is 37.9 Å². The molecule has 1 aromatic heterocycles. The first-order chi connectivity index (χ1) is 10.3. The smallest absolute Gasteiger partial charge is 0.230 e. The Morgan fingerprint density at radius 2 is 2.09 bits per heavy atom. The van der Waals surface area contributed by atoms with Gasteiger partial charge in [0.25, 0.3) is 0 Å². The molecule has 3 atom stereocenters. The van der Waals surface area contributed by atoms with Crippen molar-refractivity contribution >= 4 is 17.7 Å². The summed E-state index contributed by atoms with van der Waals surface area (Å²) in [6, 6.07) is 0.301. The van der Waals surface area contributed by atoms with Crippen molar-refractivity contribution < 1.29 is 4.79 Å². The van der Waals surface area contributed by atoms with Crippen LogP contribution in [0.2, 0.25) is 0 Å². The molecule has 0 saturated heterocycles. The molecule has 1 aliphatic carbocycles. The highest BCUT2D eigenvalue weighted by Crippen LogP contribution is 2.29. The molecule has 0 bridgehead atoms. The predicted molar refractivity (Wildman–Crippen MR) is 87.6 cm³/mol. The van der Waals surface area contributed by atoms with Gasteiger partial charge in [-0.25, -0.2) is 4.68 Å². The molecule has 3 unspecified atom stereocenters. The van der Waals surface area contributed by atoms with Crippen molar-refractivity contribution in [3.8, 4) is 0 Å². The molecule has 1 N–H and O–H groups in total. The summed E-state index contributed by atoms with van der Waals surface area (Å²) in [6.07, 6.45) is 3.55. The van der Waals surface area contributed by atoms with Gasteiger partial charge in [0.2, 0.25) is 11.1 Å². The molecule has 1 aromatic rings. The topological polar surface area (TPSA) is 72.7 Å². The number of amides is 1. The highest BCUT2D eigenvalue weighted by molar-refractivity contribution is 7.99. The minimum absolute atomic E-state index is 0.0689. The monoisotopic (exact) mass is 325 g/mol. The van der Waals surface area contributed by atoms with Crippen molar-refractivity contribution in [1.29, 1.82) is 0 Å². The lowest BCUT2D eigenvalue weighted by Crippen LogP contribution is -2.44. The van der Waals surface area contributed by atoms with Crippen molar-refractivity contribution in [2.24, 2.45) is 11.8 Å². The van der Waals surface area contributed by atoms with Crippen molar-refractivity contribution in [3.63, 3.8) is 0 Å². The molecule has 7 heteroatoms. The van der Waals surface area contributed by atoms with E-state index in [1.54, 1.807) is 4.68 Å². The minimum Gasteiger partial charge on any atom is -0.352 e. The molecular weight excluding hydrogens is 298 g/mol. The predicted octanol–water partition coefficient (Wildman–Crippen LogP) is 2.46. The quantitative estimate of drug-likeness (QED) is 0.861. The number of hydrogen-bond donors (Lipinski definition) is 1. The van der Waals surface area contributed by atoms with E-state index >= 15 is 0 Å². The van der Waals surface area contributed by atoms with E-state index in [-0.39, 0.29) is 11.4 Å². The molecule has 1 fully saturated rings. The van der Waals surface area contributed by atoms with Crippen molar-refractivity contribution in [2.75, 3.05) is 5.75 Å². The fraction of sp³-hybridized carbons (Fsp3) is 0.867. The van der Waals surface area contributed by atoms with E-state index in [9.17, 15) is 4.79 Å². The molecule has 6 nitrogen and oxygen atoms in total. The Kier molecular flexibility index (Phi) is 5.47. The van der Waals surface area contributed by atoms with Gasteiger partial charge < -0.3 is 5.32 Å². The summed E-state index contributed by atoms with van der Waals surface area (Å²) in [7, 11) is 0. The van der Waals surface area contributed by atoms with Crippen LogP contribution < -0.4 is 5.32 Å². The minimum atomic E-state index is -0.185. The Balaban J connectivity index is 1.87. The molecule has 1 amide bonds. The summed E-state index contributed by atoms with van der Waals surface area (Å²) in [5, 5.41) is 15.6. The molecule has 0 radical (unpaired) electrons. The van der Waals surface area contributed by atoms with E-state index in [0.717, 1.165) is 6.42 Å². The standard InChI is InChI=1S/C15H27N5OS/c1-10-7-6-8-12(11(10)2)16-13(21)9-22-14-17-18-19-20(14)15(3,4)5/h10-12H,6-9H2,1-5H3,(H,16,21). The number of nitrogens with zero attached hydrogens (tertiary/aromatic N) is 4. The van der Waals surface area contributed by atoms with Gasteiger partial charge in [-0.05, 0) is 49.5 Å². The van der Waals surface area contributed by atoms with Crippen LogP contribution in [0, 0.1) is 11.8 Å². The molecule has 2 rings (SSSR count). The fourth-order valence-corrected chi connectivity index (χ4v) is 3.72. The van der Waals surface area contributed by atoms with Crippen molar-refractivity contribution in [2.45, 2.75) is 70.6 Å². The maximum Gasteiger partial charge on any atom is 0.230 e. The third-order valence-electron chi connectivity index (χ3n) is 4.46. The van der Waals surface area contributed by atoms with E-state index in [1.807, 2.05) is 20.8 Å². The van der Waals surface area contributed by atoms with E-state index in [2.05, 4.69) is 34.7 Å². The largest absolute Gasteiger partial charge is 0.352 e. The molecule has 1 heterocycles. The van der Waals surface area contributed by atoms with Crippen LogP contribution in [0.15, 0.2) is 5.16 Å². The van der Waals surface area contributed by atoms with Crippen LogP contribution in [0.5, 0.6) is 0 Å². The van der Waals surface area contributed by atoms with E-state index in [4.69, 9.17) is 0 Å². The summed E-state index contributed by atoms with van der Waals surface area (Å²) in [6.45, 7) is 10.6. The van der Waals surface area contributed by atoms with Gasteiger partial charge in [0, 0.05) is 6.04 Å². The van der Waals surface area contributed by atoms with Gasteiger partial charge in [-0.1, -0.05) is 38.5 Å². The van der Waals surface area contributed by atoms with Crippen LogP contribution in [0.25, 0.3) is 0 Å². The summed E-state index contributed by atoms with van der Waals surface area (Å²) in [5.41, 5.74) is -0.185. The maximum atomic E-state index is 12.2. The normalized spacial score (nSPS) is 26.0. The number of aromatic nitrogens is 4. The number of carbonyl (C=O) groups excluding carboxylic acids is 1. The first kappa shape index (κ1) is 17.2. The average molecular weight is 325 g/mol. The summed E-state index contributed by atoms with van der Waals surface area (Å²) < 4.78 is 1.76. The summed E-state index contributed by atoms with van der Waals surface area (Å²) in [5.74, 6) is 1.65. The first-order valence-electron chi connectivity index (χ1n) is 8.00. The Morgan fingerprint density at radius 1 is 1.36 bits per heavy atom. The molecule has 22 heavy (non-hydrogen) atoms. The lowest BCUT2D eigenvalue weighted by atomic mass is 9.78. The molecule has 0 spiro atoms. The number of carbonyl (C=O) groups is 1. The van der Waals surface area contributed by atoms with Crippen LogP contribution in [-0.2, 0) is 10.3 Å². The SMILES string of the molecule is CC1CCCC(NC(=O)CSc2nnnn2C(C)(C)C)C1C. The average Bonchev–Trinajstić information content (AvgIpc) is 2.90. The van der Waals surface area contributed by atoms with Gasteiger partial charge in [-0.3, -0.25) is 4.79 Å². The van der Waals surface area contributed by atoms with Crippen molar-refractivity contribution in [3.05, 3.63) is 0 Å². The highest BCUT2D eigenvalue weighted by atomic mass is 32.2. The highest BCUT2D eigenvalue weighted by Gasteiger charge is 2.28. The first-order valence-corrected chi connectivity index (χ1v) is 8.98. The van der Waals surface area contributed by atoms with Crippen LogP contribution in [0.3, 0.4) is 0 Å². The molecule has 1 aliphatic rings. The Labute approximate surface area is 136 Å². The summed E-state index contributed by atoms with van der Waals surface area (Å²) in [4.78, 5) is 12.2. The van der Waals surface area contributed by atoms with Crippen LogP contribution >= 0.6 is 11.8 Å². The zero-order chi connectivity index (χ0) is 16.3. The fourth-order valence-electron chi connectivity index (χ4n) is 2.85. The number of nitrogens with one attached hydrogen (secondary N) is 1. The van der Waals surface area contributed by atoms with Crippen molar-refractivity contribution in [1.82, 2.24) is 25.5 Å². The summed E-state index contributed by atoms with van der Waals surface area (Å²) >= 11 is 1.39. The van der Waals surface area contributed by atoms with Gasteiger partial charge >= 0.3 is 0 Å². The molecule has 0 aliphatic heterocycles.